The van der Waals surface area contributed by atoms with Gasteiger partial charge in [-0.1, -0.05) is 29.3 Å². The molecule has 1 unspecified atom stereocenters. The first-order chi connectivity index (χ1) is 6.63. The normalized spacial score (nSPS) is 13.1. The highest BCUT2D eigenvalue weighted by molar-refractivity contribution is 9.09. The molecule has 1 atom stereocenters. The van der Waals surface area contributed by atoms with Crippen LogP contribution in [-0.2, 0) is 13.5 Å². The van der Waals surface area contributed by atoms with E-state index in [0.717, 1.165) is 12.1 Å². The zero-order chi connectivity index (χ0) is 10.6. The molecule has 0 spiro atoms. The third kappa shape index (κ3) is 3.45. The summed E-state index contributed by atoms with van der Waals surface area (Å²) in [7, 11) is 2.02. The lowest BCUT2D eigenvalue weighted by atomic mass is 10.1. The van der Waals surface area contributed by atoms with Crippen molar-refractivity contribution in [1.82, 2.24) is 9.78 Å². The first kappa shape index (κ1) is 11.8. The van der Waals surface area contributed by atoms with Crippen molar-refractivity contribution in [3.8, 4) is 0 Å². The van der Waals surface area contributed by atoms with Gasteiger partial charge in [0.15, 0.2) is 0 Å². The number of halogens is 1. The molecular formula is C11H19BrN2. The van der Waals surface area contributed by atoms with E-state index in [0.29, 0.717) is 4.83 Å². The Morgan fingerprint density at radius 3 is 2.71 bits per heavy atom. The predicted molar refractivity (Wildman–Crippen MR) is 63.9 cm³/mol. The molecule has 14 heavy (non-hydrogen) atoms. The second-order valence-corrected chi connectivity index (χ2v) is 5.12. The fourth-order valence-corrected chi connectivity index (χ4v) is 2.35. The maximum Gasteiger partial charge on any atom is 0.0596 e. The molecule has 0 aromatic carbocycles. The molecule has 0 N–H and O–H groups in total. The molecule has 0 aliphatic carbocycles. The van der Waals surface area contributed by atoms with Crippen LogP contribution in [0.1, 0.15) is 37.6 Å². The van der Waals surface area contributed by atoms with Crippen molar-refractivity contribution in [3.63, 3.8) is 0 Å². The topological polar surface area (TPSA) is 17.8 Å². The minimum absolute atomic E-state index is 0.655. The van der Waals surface area contributed by atoms with Crippen LogP contribution in [0.3, 0.4) is 0 Å². The molecule has 80 valence electrons. The van der Waals surface area contributed by atoms with Crippen molar-refractivity contribution in [2.45, 2.75) is 44.4 Å². The lowest BCUT2D eigenvalue weighted by Crippen LogP contribution is -2.03. The van der Waals surface area contributed by atoms with Crippen LogP contribution in [0.2, 0.25) is 0 Å². The van der Waals surface area contributed by atoms with E-state index >= 15 is 0 Å². The summed E-state index contributed by atoms with van der Waals surface area (Å²) in [6, 6.07) is 2.17. The van der Waals surface area contributed by atoms with E-state index in [1.807, 2.05) is 18.7 Å². The van der Waals surface area contributed by atoms with Gasteiger partial charge in [0.05, 0.1) is 5.69 Å². The van der Waals surface area contributed by atoms with Gasteiger partial charge in [-0.25, -0.2) is 0 Å². The van der Waals surface area contributed by atoms with Crippen LogP contribution in [0, 0.1) is 6.92 Å². The Bertz CT molecular complexity index is 281. The van der Waals surface area contributed by atoms with Gasteiger partial charge in [-0.2, -0.15) is 5.10 Å². The Kier molecular flexibility index (Phi) is 4.66. The van der Waals surface area contributed by atoms with Crippen LogP contribution in [0.4, 0.5) is 0 Å². The number of aryl methyl sites for hydroxylation is 3. The predicted octanol–water partition coefficient (Wildman–Crippen LogP) is 3.22. The van der Waals surface area contributed by atoms with Crippen LogP contribution in [0.5, 0.6) is 0 Å². The highest BCUT2D eigenvalue weighted by atomic mass is 79.9. The highest BCUT2D eigenvalue weighted by Gasteiger charge is 2.06. The van der Waals surface area contributed by atoms with Crippen molar-refractivity contribution in [2.75, 3.05) is 0 Å². The van der Waals surface area contributed by atoms with E-state index in [1.165, 1.54) is 25.0 Å². The standard InChI is InChI=1S/C11H19BrN2/c1-4-5-10(12)6-7-11-8-9(2)13-14(11)3/h8,10H,4-7H2,1-3H3. The van der Waals surface area contributed by atoms with Crippen molar-refractivity contribution >= 4 is 15.9 Å². The molecule has 0 bridgehead atoms. The Morgan fingerprint density at radius 1 is 1.50 bits per heavy atom. The van der Waals surface area contributed by atoms with Crippen molar-refractivity contribution in [2.24, 2.45) is 7.05 Å². The van der Waals surface area contributed by atoms with Crippen molar-refractivity contribution in [3.05, 3.63) is 17.5 Å². The molecule has 0 saturated heterocycles. The lowest BCUT2D eigenvalue weighted by Gasteiger charge is -2.07. The van der Waals surface area contributed by atoms with E-state index < -0.39 is 0 Å². The second kappa shape index (κ2) is 5.54. The van der Waals surface area contributed by atoms with E-state index in [2.05, 4.69) is 34.0 Å². The van der Waals surface area contributed by atoms with Crippen LogP contribution in [-0.4, -0.2) is 14.6 Å². The smallest absolute Gasteiger partial charge is 0.0596 e. The summed E-state index contributed by atoms with van der Waals surface area (Å²) in [5, 5.41) is 4.34. The van der Waals surface area contributed by atoms with E-state index in [4.69, 9.17) is 0 Å². The fourth-order valence-electron chi connectivity index (χ4n) is 1.66. The molecule has 1 rings (SSSR count). The number of hydrogen-bond donors (Lipinski definition) is 0. The monoisotopic (exact) mass is 258 g/mol. The van der Waals surface area contributed by atoms with Crippen LogP contribution in [0.15, 0.2) is 6.07 Å². The molecule has 1 aromatic heterocycles. The average molecular weight is 259 g/mol. The van der Waals surface area contributed by atoms with Crippen LogP contribution < -0.4 is 0 Å². The summed E-state index contributed by atoms with van der Waals surface area (Å²) in [6.45, 7) is 4.27. The number of nitrogens with zero attached hydrogens (tertiary/aromatic N) is 2. The molecule has 0 amide bonds. The van der Waals surface area contributed by atoms with Crippen LogP contribution in [0.25, 0.3) is 0 Å². The minimum atomic E-state index is 0.655. The third-order valence-corrected chi connectivity index (χ3v) is 3.33. The van der Waals surface area contributed by atoms with Gasteiger partial charge in [0, 0.05) is 17.6 Å². The maximum absolute atomic E-state index is 4.34. The summed E-state index contributed by atoms with van der Waals surface area (Å²) in [6.07, 6.45) is 4.83. The zero-order valence-corrected chi connectivity index (χ0v) is 10.8. The summed E-state index contributed by atoms with van der Waals surface area (Å²) >= 11 is 3.70. The summed E-state index contributed by atoms with van der Waals surface area (Å²) < 4.78 is 1.99. The molecule has 2 nitrogen and oxygen atoms in total. The number of aromatic nitrogens is 2. The van der Waals surface area contributed by atoms with Gasteiger partial charge in [-0.05, 0) is 32.3 Å². The number of hydrogen-bond acceptors (Lipinski definition) is 1. The van der Waals surface area contributed by atoms with E-state index in [-0.39, 0.29) is 0 Å². The third-order valence-electron chi connectivity index (χ3n) is 2.41. The number of alkyl halides is 1. The maximum atomic E-state index is 4.34. The van der Waals surface area contributed by atoms with Gasteiger partial charge < -0.3 is 0 Å². The molecule has 0 radical (unpaired) electrons. The Balaban J connectivity index is 2.41. The van der Waals surface area contributed by atoms with E-state index in [9.17, 15) is 0 Å². The fraction of sp³-hybridized carbons (Fsp3) is 0.727. The minimum Gasteiger partial charge on any atom is -0.272 e. The largest absolute Gasteiger partial charge is 0.272 e. The molecule has 0 aliphatic rings. The average Bonchev–Trinajstić information content (AvgIpc) is 2.42. The van der Waals surface area contributed by atoms with Gasteiger partial charge in [-0.3, -0.25) is 4.68 Å². The van der Waals surface area contributed by atoms with Gasteiger partial charge in [0.25, 0.3) is 0 Å². The van der Waals surface area contributed by atoms with Gasteiger partial charge in [0.1, 0.15) is 0 Å². The quantitative estimate of drug-likeness (QED) is 0.742. The Morgan fingerprint density at radius 2 is 2.21 bits per heavy atom. The van der Waals surface area contributed by atoms with Crippen molar-refractivity contribution in [1.29, 1.82) is 0 Å². The molecule has 3 heteroatoms. The van der Waals surface area contributed by atoms with E-state index in [1.54, 1.807) is 0 Å². The first-order valence-corrected chi connectivity index (χ1v) is 6.18. The Labute approximate surface area is 94.8 Å². The highest BCUT2D eigenvalue weighted by Crippen LogP contribution is 2.15. The van der Waals surface area contributed by atoms with Crippen LogP contribution >= 0.6 is 15.9 Å². The summed E-state index contributed by atoms with van der Waals surface area (Å²) in [5.74, 6) is 0. The zero-order valence-electron chi connectivity index (χ0n) is 9.26. The second-order valence-electron chi connectivity index (χ2n) is 3.83. The molecule has 1 aromatic rings. The molecule has 0 fully saturated rings. The Hall–Kier alpha value is -0.310. The first-order valence-electron chi connectivity index (χ1n) is 5.27. The van der Waals surface area contributed by atoms with Gasteiger partial charge in [0.2, 0.25) is 0 Å². The summed E-state index contributed by atoms with van der Waals surface area (Å²) in [5.41, 5.74) is 2.45. The van der Waals surface area contributed by atoms with Crippen molar-refractivity contribution < 1.29 is 0 Å². The summed E-state index contributed by atoms with van der Waals surface area (Å²) in [4.78, 5) is 0.655. The molecular weight excluding hydrogens is 240 g/mol. The van der Waals surface area contributed by atoms with Gasteiger partial charge >= 0.3 is 0 Å². The molecule has 0 saturated carbocycles. The SMILES string of the molecule is CCCC(Br)CCc1cc(C)nn1C. The number of rotatable bonds is 5. The lowest BCUT2D eigenvalue weighted by molar-refractivity contribution is 0.645. The molecule has 1 heterocycles. The molecule has 0 aliphatic heterocycles. The van der Waals surface area contributed by atoms with Gasteiger partial charge in [-0.15, -0.1) is 0 Å².